The van der Waals surface area contributed by atoms with Gasteiger partial charge in [-0.2, -0.15) is 0 Å². The van der Waals surface area contributed by atoms with E-state index in [4.69, 9.17) is 5.73 Å². The van der Waals surface area contributed by atoms with Gasteiger partial charge in [0.1, 0.15) is 0 Å². The molecule has 3 atom stereocenters. The summed E-state index contributed by atoms with van der Waals surface area (Å²) in [7, 11) is 0. The van der Waals surface area contributed by atoms with Crippen LogP contribution in [-0.4, -0.2) is 42.0 Å². The maximum absolute atomic E-state index is 11.8. The molecule has 3 unspecified atom stereocenters. The second-order valence-electron chi connectivity index (χ2n) is 5.70. The van der Waals surface area contributed by atoms with E-state index < -0.39 is 0 Å². The van der Waals surface area contributed by atoms with E-state index >= 15 is 0 Å². The Morgan fingerprint density at radius 2 is 2.12 bits per heavy atom. The standard InChI is InChI=1S/C13H27N3O/c1-9(2)15-13(17)6-12(7-14)16-8-10(3)5-11(16)4/h9-12H,5-8,14H2,1-4H3,(H,15,17). The summed E-state index contributed by atoms with van der Waals surface area (Å²) in [5.41, 5.74) is 5.82. The van der Waals surface area contributed by atoms with Gasteiger partial charge in [0.05, 0.1) is 0 Å². The van der Waals surface area contributed by atoms with Crippen molar-refractivity contribution in [1.29, 1.82) is 0 Å². The molecule has 1 aliphatic heterocycles. The van der Waals surface area contributed by atoms with Crippen molar-refractivity contribution >= 4 is 5.91 Å². The Kier molecular flexibility index (Phi) is 5.40. The zero-order valence-corrected chi connectivity index (χ0v) is 11.6. The van der Waals surface area contributed by atoms with Crippen molar-refractivity contribution in [3.63, 3.8) is 0 Å². The molecule has 0 bridgehead atoms. The number of carbonyl (C=O) groups is 1. The molecule has 0 aromatic rings. The van der Waals surface area contributed by atoms with Gasteiger partial charge in [-0.3, -0.25) is 9.69 Å². The quantitative estimate of drug-likeness (QED) is 0.754. The second kappa shape index (κ2) is 6.36. The predicted octanol–water partition coefficient (Wildman–Crippen LogP) is 0.959. The Morgan fingerprint density at radius 1 is 1.47 bits per heavy atom. The Balaban J connectivity index is 2.51. The molecule has 1 amide bonds. The fourth-order valence-electron chi connectivity index (χ4n) is 2.77. The molecule has 100 valence electrons. The molecule has 1 aliphatic rings. The lowest BCUT2D eigenvalue weighted by Gasteiger charge is -2.30. The first-order chi connectivity index (χ1) is 7.93. The van der Waals surface area contributed by atoms with Crippen molar-refractivity contribution in [2.75, 3.05) is 13.1 Å². The van der Waals surface area contributed by atoms with Gasteiger partial charge < -0.3 is 11.1 Å². The minimum atomic E-state index is 0.113. The maximum Gasteiger partial charge on any atom is 0.221 e. The monoisotopic (exact) mass is 241 g/mol. The average Bonchev–Trinajstić information content (AvgIpc) is 2.53. The van der Waals surface area contributed by atoms with E-state index in [1.807, 2.05) is 13.8 Å². The largest absolute Gasteiger partial charge is 0.354 e. The van der Waals surface area contributed by atoms with Crippen LogP contribution in [0.25, 0.3) is 0 Å². The van der Waals surface area contributed by atoms with Crippen molar-refractivity contribution in [1.82, 2.24) is 10.2 Å². The predicted molar refractivity (Wildman–Crippen MR) is 70.7 cm³/mol. The smallest absolute Gasteiger partial charge is 0.221 e. The number of nitrogens with zero attached hydrogens (tertiary/aromatic N) is 1. The van der Waals surface area contributed by atoms with Crippen LogP contribution in [0.15, 0.2) is 0 Å². The van der Waals surface area contributed by atoms with Gasteiger partial charge in [-0.1, -0.05) is 6.92 Å². The van der Waals surface area contributed by atoms with Gasteiger partial charge in [0, 0.05) is 37.6 Å². The van der Waals surface area contributed by atoms with Crippen LogP contribution in [0.5, 0.6) is 0 Å². The summed E-state index contributed by atoms with van der Waals surface area (Å²) in [4.78, 5) is 14.2. The third-order valence-electron chi connectivity index (χ3n) is 3.44. The van der Waals surface area contributed by atoms with Gasteiger partial charge in [0.15, 0.2) is 0 Å². The molecule has 0 spiro atoms. The highest BCUT2D eigenvalue weighted by atomic mass is 16.1. The Bertz CT molecular complexity index is 255. The molecule has 0 saturated carbocycles. The summed E-state index contributed by atoms with van der Waals surface area (Å²) in [5, 5.41) is 2.94. The molecule has 0 aromatic carbocycles. The maximum atomic E-state index is 11.8. The van der Waals surface area contributed by atoms with Crippen LogP contribution in [0.4, 0.5) is 0 Å². The lowest BCUT2D eigenvalue weighted by atomic mass is 10.1. The molecular weight excluding hydrogens is 214 g/mol. The molecule has 1 fully saturated rings. The molecule has 0 aliphatic carbocycles. The van der Waals surface area contributed by atoms with Gasteiger partial charge in [0.2, 0.25) is 5.91 Å². The lowest BCUT2D eigenvalue weighted by molar-refractivity contribution is -0.122. The minimum Gasteiger partial charge on any atom is -0.354 e. The normalized spacial score (nSPS) is 27.4. The van der Waals surface area contributed by atoms with Gasteiger partial charge in [-0.25, -0.2) is 0 Å². The zero-order chi connectivity index (χ0) is 13.0. The van der Waals surface area contributed by atoms with Crippen molar-refractivity contribution in [2.45, 2.75) is 58.7 Å². The van der Waals surface area contributed by atoms with Gasteiger partial charge in [-0.05, 0) is 33.1 Å². The van der Waals surface area contributed by atoms with E-state index in [-0.39, 0.29) is 18.0 Å². The number of hydrogen-bond donors (Lipinski definition) is 2. The van der Waals surface area contributed by atoms with Crippen LogP contribution in [0.2, 0.25) is 0 Å². The van der Waals surface area contributed by atoms with Gasteiger partial charge in [-0.15, -0.1) is 0 Å². The fourth-order valence-corrected chi connectivity index (χ4v) is 2.77. The average molecular weight is 241 g/mol. The first-order valence-corrected chi connectivity index (χ1v) is 6.69. The van der Waals surface area contributed by atoms with E-state index in [1.54, 1.807) is 0 Å². The Hall–Kier alpha value is -0.610. The minimum absolute atomic E-state index is 0.113. The molecule has 3 N–H and O–H groups in total. The molecule has 0 aromatic heterocycles. The van der Waals surface area contributed by atoms with Gasteiger partial charge in [0.25, 0.3) is 0 Å². The van der Waals surface area contributed by atoms with E-state index in [1.165, 1.54) is 6.42 Å². The number of nitrogens with two attached hydrogens (primary N) is 1. The van der Waals surface area contributed by atoms with Crippen LogP contribution in [-0.2, 0) is 4.79 Å². The summed E-state index contributed by atoms with van der Waals surface area (Å²) in [6, 6.07) is 0.940. The molecule has 0 radical (unpaired) electrons. The number of amides is 1. The molecule has 1 heterocycles. The molecule has 4 heteroatoms. The number of nitrogens with one attached hydrogen (secondary N) is 1. The Labute approximate surface area is 105 Å². The van der Waals surface area contributed by atoms with Crippen LogP contribution >= 0.6 is 0 Å². The summed E-state index contributed by atoms with van der Waals surface area (Å²) in [5.74, 6) is 0.828. The van der Waals surface area contributed by atoms with Crippen LogP contribution in [0.1, 0.15) is 40.5 Å². The highest BCUT2D eigenvalue weighted by molar-refractivity contribution is 5.76. The first kappa shape index (κ1) is 14.5. The van der Waals surface area contributed by atoms with Crippen molar-refractivity contribution in [3.05, 3.63) is 0 Å². The van der Waals surface area contributed by atoms with Gasteiger partial charge >= 0.3 is 0 Å². The molecule has 1 saturated heterocycles. The number of rotatable bonds is 5. The van der Waals surface area contributed by atoms with Crippen LogP contribution < -0.4 is 11.1 Å². The van der Waals surface area contributed by atoms with E-state index in [2.05, 4.69) is 24.1 Å². The van der Waals surface area contributed by atoms with E-state index in [9.17, 15) is 4.79 Å². The van der Waals surface area contributed by atoms with Crippen molar-refractivity contribution in [2.24, 2.45) is 11.7 Å². The summed E-state index contributed by atoms with van der Waals surface area (Å²) < 4.78 is 0. The highest BCUT2D eigenvalue weighted by Gasteiger charge is 2.32. The third-order valence-corrected chi connectivity index (χ3v) is 3.44. The Morgan fingerprint density at radius 3 is 2.53 bits per heavy atom. The molecule has 4 nitrogen and oxygen atoms in total. The fraction of sp³-hybridized carbons (Fsp3) is 0.923. The summed E-state index contributed by atoms with van der Waals surface area (Å²) in [6.07, 6.45) is 1.73. The number of hydrogen-bond acceptors (Lipinski definition) is 3. The van der Waals surface area contributed by atoms with Crippen LogP contribution in [0, 0.1) is 5.92 Å². The first-order valence-electron chi connectivity index (χ1n) is 6.69. The number of likely N-dealkylation sites (tertiary alicyclic amines) is 1. The third kappa shape index (κ3) is 4.28. The number of carbonyl (C=O) groups excluding carboxylic acids is 1. The second-order valence-corrected chi connectivity index (χ2v) is 5.70. The molecular formula is C13H27N3O. The SMILES string of the molecule is CC1CC(C)N(C(CN)CC(=O)NC(C)C)C1. The van der Waals surface area contributed by atoms with Crippen LogP contribution in [0.3, 0.4) is 0 Å². The highest BCUT2D eigenvalue weighted by Crippen LogP contribution is 2.25. The van der Waals surface area contributed by atoms with Crippen molar-refractivity contribution in [3.8, 4) is 0 Å². The van der Waals surface area contributed by atoms with E-state index in [0.717, 1.165) is 6.54 Å². The van der Waals surface area contributed by atoms with Crippen molar-refractivity contribution < 1.29 is 4.79 Å². The van der Waals surface area contributed by atoms with E-state index in [0.29, 0.717) is 24.9 Å². The summed E-state index contributed by atoms with van der Waals surface area (Å²) in [6.45, 7) is 10.1. The molecule has 1 rings (SSSR count). The topological polar surface area (TPSA) is 58.4 Å². The zero-order valence-electron chi connectivity index (χ0n) is 11.6. The molecule has 17 heavy (non-hydrogen) atoms. The lowest BCUT2D eigenvalue weighted by Crippen LogP contribution is -2.46. The summed E-state index contributed by atoms with van der Waals surface area (Å²) >= 11 is 0.